The van der Waals surface area contributed by atoms with E-state index >= 15 is 0 Å². The molecular formula is C14H18N4O3. The molecule has 3 rings (SSSR count). The van der Waals surface area contributed by atoms with Crippen LogP contribution in [0.3, 0.4) is 0 Å². The SMILES string of the molecule is O=NC(=O)C1=C2C=CC(OCCN3CCCC3)=CN2NC1. The van der Waals surface area contributed by atoms with E-state index in [2.05, 4.69) is 15.5 Å². The summed E-state index contributed by atoms with van der Waals surface area (Å²) in [5, 5.41) is 4.17. The lowest BCUT2D eigenvalue weighted by Gasteiger charge is -2.22. The highest BCUT2D eigenvalue weighted by molar-refractivity contribution is 5.96. The number of amides is 1. The maximum absolute atomic E-state index is 11.4. The highest BCUT2D eigenvalue weighted by Gasteiger charge is 2.27. The lowest BCUT2D eigenvalue weighted by atomic mass is 10.1. The van der Waals surface area contributed by atoms with Gasteiger partial charge in [0.1, 0.15) is 12.4 Å². The van der Waals surface area contributed by atoms with E-state index in [9.17, 15) is 9.70 Å². The van der Waals surface area contributed by atoms with Gasteiger partial charge < -0.3 is 4.74 Å². The molecule has 21 heavy (non-hydrogen) atoms. The first-order chi connectivity index (χ1) is 10.3. The topological polar surface area (TPSA) is 74.2 Å². The molecule has 0 unspecified atom stereocenters. The highest BCUT2D eigenvalue weighted by Crippen LogP contribution is 2.24. The van der Waals surface area contributed by atoms with Crippen LogP contribution in [0.25, 0.3) is 0 Å². The summed E-state index contributed by atoms with van der Waals surface area (Å²) >= 11 is 0. The molecule has 0 aromatic heterocycles. The lowest BCUT2D eigenvalue weighted by molar-refractivity contribution is -0.114. The number of likely N-dealkylation sites (tertiary alicyclic amines) is 1. The molecule has 0 aromatic carbocycles. The first kappa shape index (κ1) is 14.0. The van der Waals surface area contributed by atoms with Crippen LogP contribution in [0.1, 0.15) is 12.8 Å². The summed E-state index contributed by atoms with van der Waals surface area (Å²) in [6.45, 7) is 4.19. The van der Waals surface area contributed by atoms with Crippen LogP contribution in [0.15, 0.2) is 40.6 Å². The molecule has 0 radical (unpaired) electrons. The quantitative estimate of drug-likeness (QED) is 0.758. The van der Waals surface area contributed by atoms with Gasteiger partial charge in [0.05, 0.1) is 17.5 Å². The van der Waals surface area contributed by atoms with Crippen LogP contribution in [0.4, 0.5) is 0 Å². The fourth-order valence-electron chi connectivity index (χ4n) is 2.74. The first-order valence-corrected chi connectivity index (χ1v) is 7.16. The van der Waals surface area contributed by atoms with Gasteiger partial charge in [0.2, 0.25) is 0 Å². The largest absolute Gasteiger partial charge is 0.491 e. The van der Waals surface area contributed by atoms with Crippen LogP contribution in [-0.2, 0) is 9.53 Å². The molecule has 3 heterocycles. The Hall–Kier alpha value is -1.99. The van der Waals surface area contributed by atoms with Crippen molar-refractivity contribution in [3.8, 4) is 0 Å². The molecule has 0 bridgehead atoms. The molecule has 0 atom stereocenters. The number of fused-ring (bicyclic) bond motifs is 1. The Morgan fingerprint density at radius 3 is 2.90 bits per heavy atom. The molecule has 0 aliphatic carbocycles. The number of carbonyl (C=O) groups is 1. The Labute approximate surface area is 122 Å². The third-order valence-electron chi connectivity index (χ3n) is 3.87. The van der Waals surface area contributed by atoms with E-state index in [0.29, 0.717) is 24.4 Å². The highest BCUT2D eigenvalue weighted by atomic mass is 16.5. The number of nitrogens with one attached hydrogen (secondary N) is 1. The van der Waals surface area contributed by atoms with E-state index in [-0.39, 0.29) is 0 Å². The number of nitroso groups, excluding NO2 is 1. The predicted molar refractivity (Wildman–Crippen MR) is 76.5 cm³/mol. The Morgan fingerprint density at radius 1 is 1.33 bits per heavy atom. The van der Waals surface area contributed by atoms with Gasteiger partial charge in [-0.05, 0) is 38.1 Å². The second kappa shape index (κ2) is 6.19. The van der Waals surface area contributed by atoms with Gasteiger partial charge in [-0.3, -0.25) is 14.7 Å². The number of rotatable bonds is 5. The summed E-state index contributed by atoms with van der Waals surface area (Å²) < 4.78 is 5.73. The van der Waals surface area contributed by atoms with Crippen molar-refractivity contribution in [3.05, 3.63) is 40.3 Å². The van der Waals surface area contributed by atoms with E-state index in [0.717, 1.165) is 25.4 Å². The van der Waals surface area contributed by atoms with E-state index in [1.54, 1.807) is 23.4 Å². The molecule has 0 aromatic rings. The molecule has 1 fully saturated rings. The molecule has 0 saturated carbocycles. The van der Waals surface area contributed by atoms with Crippen molar-refractivity contribution in [2.24, 2.45) is 5.18 Å². The summed E-state index contributed by atoms with van der Waals surface area (Å²) in [5.74, 6) is 0.00894. The van der Waals surface area contributed by atoms with Gasteiger partial charge in [0.25, 0.3) is 0 Å². The van der Waals surface area contributed by atoms with Gasteiger partial charge in [-0.25, -0.2) is 5.43 Å². The van der Waals surface area contributed by atoms with Crippen molar-refractivity contribution >= 4 is 5.91 Å². The zero-order chi connectivity index (χ0) is 14.7. The molecule has 1 saturated heterocycles. The van der Waals surface area contributed by atoms with E-state index < -0.39 is 5.91 Å². The van der Waals surface area contributed by atoms with Gasteiger partial charge in [-0.15, -0.1) is 4.91 Å². The van der Waals surface area contributed by atoms with Crippen LogP contribution in [0.5, 0.6) is 0 Å². The number of ether oxygens (including phenoxy) is 1. The lowest BCUT2D eigenvalue weighted by Crippen LogP contribution is -2.28. The molecule has 3 aliphatic heterocycles. The molecule has 7 heteroatoms. The van der Waals surface area contributed by atoms with Crippen molar-refractivity contribution in [3.63, 3.8) is 0 Å². The average Bonchev–Trinajstić information content (AvgIpc) is 3.15. The first-order valence-electron chi connectivity index (χ1n) is 7.16. The molecule has 1 amide bonds. The summed E-state index contributed by atoms with van der Waals surface area (Å²) in [6, 6.07) is 0. The number of carbonyl (C=O) groups excluding carboxylic acids is 1. The van der Waals surface area contributed by atoms with Crippen LogP contribution in [-0.4, -0.2) is 48.6 Å². The van der Waals surface area contributed by atoms with Crippen LogP contribution in [0, 0.1) is 4.91 Å². The van der Waals surface area contributed by atoms with Gasteiger partial charge in [0, 0.05) is 18.3 Å². The van der Waals surface area contributed by atoms with Gasteiger partial charge in [-0.1, -0.05) is 0 Å². The fourth-order valence-corrected chi connectivity index (χ4v) is 2.74. The average molecular weight is 290 g/mol. The normalized spacial score (nSPS) is 21.5. The van der Waals surface area contributed by atoms with E-state index in [1.165, 1.54) is 12.8 Å². The minimum absolute atomic E-state index is 0.307. The molecular weight excluding hydrogens is 272 g/mol. The number of hydrogen-bond donors (Lipinski definition) is 1. The maximum Gasteiger partial charge on any atom is 0.316 e. The Kier molecular flexibility index (Phi) is 4.12. The second-order valence-corrected chi connectivity index (χ2v) is 5.23. The zero-order valence-corrected chi connectivity index (χ0v) is 11.7. The predicted octanol–water partition coefficient (Wildman–Crippen LogP) is 0.877. The van der Waals surface area contributed by atoms with Crippen molar-refractivity contribution in [2.45, 2.75) is 12.8 Å². The van der Waals surface area contributed by atoms with Gasteiger partial charge in [-0.2, -0.15) is 0 Å². The number of hydrazine groups is 1. The fraction of sp³-hybridized carbons (Fsp3) is 0.500. The Morgan fingerprint density at radius 2 is 2.14 bits per heavy atom. The molecule has 7 nitrogen and oxygen atoms in total. The molecule has 3 aliphatic rings. The van der Waals surface area contributed by atoms with Crippen molar-refractivity contribution in [1.29, 1.82) is 0 Å². The standard InChI is InChI=1S/C14H18N4O3/c19-14(16-20)12-9-15-18-10-11(3-4-13(12)18)21-8-7-17-5-1-2-6-17/h3-4,10,15H,1-2,5-9H2. The van der Waals surface area contributed by atoms with Crippen molar-refractivity contribution < 1.29 is 9.53 Å². The second-order valence-electron chi connectivity index (χ2n) is 5.23. The number of hydrogen-bond acceptors (Lipinski definition) is 6. The smallest absolute Gasteiger partial charge is 0.316 e. The van der Waals surface area contributed by atoms with E-state index in [1.807, 2.05) is 0 Å². The van der Waals surface area contributed by atoms with Gasteiger partial charge >= 0.3 is 5.91 Å². The van der Waals surface area contributed by atoms with Crippen LogP contribution < -0.4 is 5.43 Å². The van der Waals surface area contributed by atoms with Crippen LogP contribution in [0.2, 0.25) is 0 Å². The molecule has 112 valence electrons. The van der Waals surface area contributed by atoms with E-state index in [4.69, 9.17) is 4.74 Å². The zero-order valence-electron chi connectivity index (χ0n) is 11.7. The van der Waals surface area contributed by atoms with Gasteiger partial charge in [0.15, 0.2) is 0 Å². The Balaban J connectivity index is 1.56. The van der Waals surface area contributed by atoms with Crippen molar-refractivity contribution in [2.75, 3.05) is 32.8 Å². The number of nitrogens with zero attached hydrogens (tertiary/aromatic N) is 3. The third kappa shape index (κ3) is 3.03. The molecule has 1 N–H and O–H groups in total. The Bertz CT molecular complexity index is 532. The summed E-state index contributed by atoms with van der Waals surface area (Å²) in [7, 11) is 0. The maximum atomic E-state index is 11.4. The minimum Gasteiger partial charge on any atom is -0.491 e. The summed E-state index contributed by atoms with van der Waals surface area (Å²) in [4.78, 5) is 24.1. The summed E-state index contributed by atoms with van der Waals surface area (Å²) in [5.41, 5.74) is 4.05. The number of allylic oxidation sites excluding steroid dienone is 2. The monoisotopic (exact) mass is 290 g/mol. The third-order valence-corrected chi connectivity index (χ3v) is 3.87. The van der Waals surface area contributed by atoms with Crippen LogP contribution >= 0.6 is 0 Å². The minimum atomic E-state index is -0.726. The summed E-state index contributed by atoms with van der Waals surface area (Å²) in [6.07, 6.45) is 7.90. The van der Waals surface area contributed by atoms with Crippen molar-refractivity contribution in [1.82, 2.24) is 15.3 Å². The molecule has 0 spiro atoms.